The second-order valence-corrected chi connectivity index (χ2v) is 6.51. The highest BCUT2D eigenvalue weighted by molar-refractivity contribution is 6.30. The molecule has 3 amide bonds. The summed E-state index contributed by atoms with van der Waals surface area (Å²) in [5.41, 5.74) is 6.93. The van der Waals surface area contributed by atoms with Crippen LogP contribution in [0.2, 0.25) is 5.02 Å². The molecular weight excluding hydrogens is 396 g/mol. The van der Waals surface area contributed by atoms with Crippen LogP contribution in [0.1, 0.15) is 17.4 Å². The highest BCUT2D eigenvalue weighted by Crippen LogP contribution is 2.24. The first-order valence-corrected chi connectivity index (χ1v) is 8.95. The molecule has 1 heterocycles. The average Bonchev–Trinajstić information content (AvgIpc) is 3.14. The van der Waals surface area contributed by atoms with Crippen LogP contribution >= 0.6 is 11.6 Å². The van der Waals surface area contributed by atoms with Gasteiger partial charge in [-0.05, 0) is 37.3 Å². The Kier molecular flexibility index (Phi) is 5.94. The maximum absolute atomic E-state index is 12.7. The highest BCUT2D eigenvalue weighted by atomic mass is 35.5. The summed E-state index contributed by atoms with van der Waals surface area (Å²) in [4.78, 5) is 35.4. The SMILES string of the molecule is C[C@@H](OC(=O)c1cc(-c2ccc(Cl)cc2)nn1-c1ccccc1)C(=O)NC(N)=O. The number of carbonyl (C=O) groups excluding carboxylic acids is 3. The Morgan fingerprint density at radius 1 is 1.10 bits per heavy atom. The minimum Gasteiger partial charge on any atom is -0.448 e. The summed E-state index contributed by atoms with van der Waals surface area (Å²) in [6.07, 6.45) is -1.23. The minimum atomic E-state index is -1.23. The van der Waals surface area contributed by atoms with Crippen molar-refractivity contribution >= 4 is 29.5 Å². The molecule has 148 valence electrons. The van der Waals surface area contributed by atoms with E-state index in [0.29, 0.717) is 16.4 Å². The van der Waals surface area contributed by atoms with E-state index < -0.39 is 24.0 Å². The zero-order chi connectivity index (χ0) is 21.0. The Balaban J connectivity index is 1.95. The van der Waals surface area contributed by atoms with Gasteiger partial charge in [0.05, 0.1) is 11.4 Å². The van der Waals surface area contributed by atoms with E-state index in [-0.39, 0.29) is 5.69 Å². The Morgan fingerprint density at radius 2 is 1.76 bits per heavy atom. The van der Waals surface area contributed by atoms with Crippen LogP contribution in [0.25, 0.3) is 16.9 Å². The first kappa shape index (κ1) is 20.1. The van der Waals surface area contributed by atoms with Gasteiger partial charge in [0.15, 0.2) is 11.8 Å². The molecule has 2 aromatic carbocycles. The van der Waals surface area contributed by atoms with Crippen LogP contribution in [-0.4, -0.2) is 33.8 Å². The number of imide groups is 1. The van der Waals surface area contributed by atoms with Gasteiger partial charge in [-0.15, -0.1) is 0 Å². The van der Waals surface area contributed by atoms with Crippen molar-refractivity contribution in [2.45, 2.75) is 13.0 Å². The molecule has 0 saturated heterocycles. The smallest absolute Gasteiger partial charge is 0.357 e. The van der Waals surface area contributed by atoms with Crippen LogP contribution in [0.15, 0.2) is 60.7 Å². The molecule has 8 nitrogen and oxygen atoms in total. The lowest BCUT2D eigenvalue weighted by atomic mass is 10.1. The number of halogens is 1. The molecule has 1 atom stereocenters. The second-order valence-electron chi connectivity index (χ2n) is 6.07. The van der Waals surface area contributed by atoms with Crippen LogP contribution in [0.5, 0.6) is 0 Å². The molecule has 9 heteroatoms. The molecule has 3 aromatic rings. The predicted molar refractivity (Wildman–Crippen MR) is 107 cm³/mol. The van der Waals surface area contributed by atoms with Crippen LogP contribution in [0.3, 0.4) is 0 Å². The fourth-order valence-electron chi connectivity index (χ4n) is 2.55. The number of aromatic nitrogens is 2. The lowest BCUT2D eigenvalue weighted by Gasteiger charge is -2.12. The van der Waals surface area contributed by atoms with Crippen molar-refractivity contribution in [1.29, 1.82) is 0 Å². The predicted octanol–water partition coefficient (Wildman–Crippen LogP) is 2.93. The number of nitrogens with two attached hydrogens (primary N) is 1. The first-order chi connectivity index (χ1) is 13.8. The maximum atomic E-state index is 12.7. The van der Waals surface area contributed by atoms with Crippen molar-refractivity contribution in [3.8, 4) is 16.9 Å². The van der Waals surface area contributed by atoms with Crippen LogP contribution in [-0.2, 0) is 9.53 Å². The summed E-state index contributed by atoms with van der Waals surface area (Å²) in [7, 11) is 0. The van der Waals surface area contributed by atoms with Gasteiger partial charge < -0.3 is 10.5 Å². The fraction of sp³-hybridized carbons (Fsp3) is 0.100. The molecule has 0 fully saturated rings. The van der Waals surface area contributed by atoms with Crippen molar-refractivity contribution in [2.75, 3.05) is 0 Å². The molecule has 0 aliphatic carbocycles. The van der Waals surface area contributed by atoms with Gasteiger partial charge in [0, 0.05) is 10.6 Å². The summed E-state index contributed by atoms with van der Waals surface area (Å²) >= 11 is 5.93. The lowest BCUT2D eigenvalue weighted by molar-refractivity contribution is -0.127. The van der Waals surface area contributed by atoms with Crippen molar-refractivity contribution in [2.24, 2.45) is 5.73 Å². The highest BCUT2D eigenvalue weighted by Gasteiger charge is 2.24. The summed E-state index contributed by atoms with van der Waals surface area (Å²) < 4.78 is 6.61. The maximum Gasteiger partial charge on any atom is 0.357 e. The van der Waals surface area contributed by atoms with E-state index in [4.69, 9.17) is 22.1 Å². The molecule has 0 unspecified atom stereocenters. The topological polar surface area (TPSA) is 116 Å². The van der Waals surface area contributed by atoms with Crippen LogP contribution in [0, 0.1) is 0 Å². The Morgan fingerprint density at radius 3 is 2.38 bits per heavy atom. The van der Waals surface area contributed by atoms with Crippen molar-refractivity contribution in [3.63, 3.8) is 0 Å². The zero-order valence-corrected chi connectivity index (χ0v) is 16.1. The van der Waals surface area contributed by atoms with Crippen molar-refractivity contribution in [3.05, 3.63) is 71.4 Å². The Labute approximate surface area is 171 Å². The summed E-state index contributed by atoms with van der Waals surface area (Å²) in [5, 5.41) is 6.94. The number of hydrogen-bond donors (Lipinski definition) is 2. The quantitative estimate of drug-likeness (QED) is 0.625. The van der Waals surface area contributed by atoms with Crippen LogP contribution < -0.4 is 11.1 Å². The fourth-order valence-corrected chi connectivity index (χ4v) is 2.68. The summed E-state index contributed by atoms with van der Waals surface area (Å²) in [6.45, 7) is 1.33. The number of esters is 1. The molecule has 1 aromatic heterocycles. The molecule has 0 spiro atoms. The molecule has 29 heavy (non-hydrogen) atoms. The zero-order valence-electron chi connectivity index (χ0n) is 15.3. The molecule has 3 rings (SSSR count). The number of urea groups is 1. The molecule has 0 saturated carbocycles. The van der Waals surface area contributed by atoms with E-state index in [2.05, 4.69) is 5.10 Å². The molecule has 3 N–H and O–H groups in total. The van der Waals surface area contributed by atoms with Gasteiger partial charge in [-0.1, -0.05) is 41.9 Å². The number of para-hydroxylation sites is 1. The van der Waals surface area contributed by atoms with Gasteiger partial charge in [0.1, 0.15) is 0 Å². The first-order valence-electron chi connectivity index (χ1n) is 8.58. The number of primary amides is 1. The number of nitrogens with one attached hydrogen (secondary N) is 1. The number of nitrogens with zero attached hydrogens (tertiary/aromatic N) is 2. The van der Waals surface area contributed by atoms with Gasteiger partial charge in [0.2, 0.25) is 0 Å². The standard InChI is InChI=1S/C20H17ClN4O4/c1-12(18(26)23-20(22)28)29-19(27)17-11-16(13-7-9-14(21)10-8-13)24-25(17)15-5-3-2-4-6-15/h2-12H,1H3,(H3,22,23,26,28)/t12-/m1/s1. The van der Waals surface area contributed by atoms with E-state index in [1.165, 1.54) is 11.6 Å². The normalized spacial score (nSPS) is 11.5. The van der Waals surface area contributed by atoms with Crippen molar-refractivity contribution in [1.82, 2.24) is 15.1 Å². The molecule has 0 aliphatic heterocycles. The van der Waals surface area contributed by atoms with E-state index in [9.17, 15) is 14.4 Å². The third-order valence-corrected chi connectivity index (χ3v) is 4.21. The third-order valence-electron chi connectivity index (χ3n) is 3.96. The van der Waals surface area contributed by atoms with E-state index in [1.54, 1.807) is 54.6 Å². The number of rotatable bonds is 5. The van der Waals surface area contributed by atoms with Crippen LogP contribution in [0.4, 0.5) is 4.79 Å². The van der Waals surface area contributed by atoms with Gasteiger partial charge >= 0.3 is 12.0 Å². The van der Waals surface area contributed by atoms with E-state index in [0.717, 1.165) is 5.56 Å². The number of benzene rings is 2. The molecule has 0 aliphatic rings. The average molecular weight is 413 g/mol. The molecule has 0 radical (unpaired) electrons. The number of amides is 3. The Hall–Kier alpha value is -3.65. The summed E-state index contributed by atoms with van der Waals surface area (Å²) in [6, 6.07) is 16.5. The number of ether oxygens (including phenoxy) is 1. The molecule has 0 bridgehead atoms. The van der Waals surface area contributed by atoms with E-state index >= 15 is 0 Å². The van der Waals surface area contributed by atoms with E-state index in [1.807, 2.05) is 11.4 Å². The Bertz CT molecular complexity index is 1050. The summed E-state index contributed by atoms with van der Waals surface area (Å²) in [5.74, 6) is -1.61. The van der Waals surface area contributed by atoms with Gasteiger partial charge in [-0.25, -0.2) is 14.3 Å². The number of carbonyl (C=O) groups is 3. The molecular formula is C20H17ClN4O4. The second kappa shape index (κ2) is 8.57. The van der Waals surface area contributed by atoms with Gasteiger partial charge in [-0.3, -0.25) is 10.1 Å². The van der Waals surface area contributed by atoms with Gasteiger partial charge in [0.25, 0.3) is 5.91 Å². The minimum absolute atomic E-state index is 0.111. The monoisotopic (exact) mass is 412 g/mol. The lowest BCUT2D eigenvalue weighted by Crippen LogP contribution is -2.42. The number of hydrogen-bond acceptors (Lipinski definition) is 5. The third kappa shape index (κ3) is 4.80. The largest absolute Gasteiger partial charge is 0.448 e. The van der Waals surface area contributed by atoms with Crippen molar-refractivity contribution < 1.29 is 19.1 Å². The van der Waals surface area contributed by atoms with Gasteiger partial charge in [-0.2, -0.15) is 5.10 Å².